The van der Waals surface area contributed by atoms with E-state index in [1.54, 1.807) is 36.4 Å². The van der Waals surface area contributed by atoms with E-state index in [9.17, 15) is 13.2 Å². The summed E-state index contributed by atoms with van der Waals surface area (Å²) in [5.41, 5.74) is 0.985. The second-order valence-electron chi connectivity index (χ2n) is 9.60. The molecule has 1 aromatic heterocycles. The van der Waals surface area contributed by atoms with Gasteiger partial charge in [0.15, 0.2) is 0 Å². The first-order valence-electron chi connectivity index (χ1n) is 11.5. The smallest absolute Gasteiger partial charge is 0.455 e. The third-order valence-corrected chi connectivity index (χ3v) is 8.03. The molecule has 1 fully saturated rings. The molecule has 2 aromatic carbocycles. The van der Waals surface area contributed by atoms with Crippen molar-refractivity contribution in [2.45, 2.75) is 45.8 Å². The topological polar surface area (TPSA) is 131 Å². The molecule has 188 valence electrons. The Balaban J connectivity index is 1.98. The van der Waals surface area contributed by atoms with E-state index in [1.807, 2.05) is 27.7 Å². The quantitative estimate of drug-likeness (QED) is 0.487. The second kappa shape index (κ2) is 8.96. The number of furan rings is 1. The van der Waals surface area contributed by atoms with Crippen molar-refractivity contribution in [3.63, 3.8) is 0 Å². The Kier molecular flexibility index (Phi) is 6.41. The van der Waals surface area contributed by atoms with Crippen LogP contribution in [-0.4, -0.2) is 45.4 Å². The lowest BCUT2D eigenvalue weighted by Crippen LogP contribution is -2.41. The maximum atomic E-state index is 13.0. The maximum absolute atomic E-state index is 13.0. The summed E-state index contributed by atoms with van der Waals surface area (Å²) in [6.07, 6.45) is 0. The van der Waals surface area contributed by atoms with Crippen LogP contribution in [0.5, 0.6) is 0 Å². The van der Waals surface area contributed by atoms with E-state index in [4.69, 9.17) is 19.0 Å². The van der Waals surface area contributed by atoms with E-state index in [0.717, 1.165) is 0 Å². The summed E-state index contributed by atoms with van der Waals surface area (Å²) in [7, 11) is -3.02. The fourth-order valence-electron chi connectivity index (χ4n) is 3.90. The minimum Gasteiger partial charge on any atom is -0.455 e. The van der Waals surface area contributed by atoms with Gasteiger partial charge in [-0.15, -0.1) is 0 Å². The first kappa shape index (κ1) is 25.8. The highest BCUT2D eigenvalue weighted by atomic mass is 32.2. The van der Waals surface area contributed by atoms with Gasteiger partial charge in [-0.25, -0.2) is 8.42 Å². The summed E-state index contributed by atoms with van der Waals surface area (Å²) in [4.78, 5) is 13.0. The van der Waals surface area contributed by atoms with Crippen LogP contribution < -0.4 is 15.5 Å². The number of anilines is 1. The van der Waals surface area contributed by atoms with E-state index >= 15 is 0 Å². The number of fused-ring (bicyclic) bond motifs is 1. The van der Waals surface area contributed by atoms with Gasteiger partial charge >= 0.3 is 7.12 Å². The van der Waals surface area contributed by atoms with Crippen molar-refractivity contribution in [1.29, 1.82) is 5.26 Å². The highest BCUT2D eigenvalue weighted by molar-refractivity contribution is 7.92. The summed E-state index contributed by atoms with van der Waals surface area (Å²) >= 11 is 0. The molecule has 4 rings (SSSR count). The molecule has 11 heteroatoms. The number of amides is 1. The fraction of sp³-hybridized carbons (Fsp3) is 0.360. The Morgan fingerprint density at radius 3 is 2.22 bits per heavy atom. The number of rotatable bonds is 6. The molecule has 9 nitrogen and oxygen atoms in total. The number of benzene rings is 2. The number of carbonyl (C=O) groups excluding carboxylic acids is 1. The Hall–Kier alpha value is -3.33. The van der Waals surface area contributed by atoms with Crippen molar-refractivity contribution in [2.24, 2.45) is 0 Å². The average molecular weight is 509 g/mol. The fourth-order valence-corrected chi connectivity index (χ4v) is 4.56. The van der Waals surface area contributed by atoms with Gasteiger partial charge in [-0.3, -0.25) is 9.52 Å². The van der Waals surface area contributed by atoms with E-state index in [-0.39, 0.29) is 22.9 Å². The minimum atomic E-state index is -3.65. The molecule has 0 spiro atoms. The number of nitriles is 1. The average Bonchev–Trinajstić information content (AvgIpc) is 3.30. The summed E-state index contributed by atoms with van der Waals surface area (Å²) in [5, 5.41) is 12.2. The van der Waals surface area contributed by atoms with Gasteiger partial charge in [0.25, 0.3) is 5.91 Å². The van der Waals surface area contributed by atoms with Gasteiger partial charge in [0.05, 0.1) is 39.8 Å². The van der Waals surface area contributed by atoms with Crippen LogP contribution >= 0.6 is 0 Å². The molecular weight excluding hydrogens is 481 g/mol. The zero-order valence-corrected chi connectivity index (χ0v) is 21.9. The molecule has 2 heterocycles. The number of nitrogens with one attached hydrogen (secondary N) is 2. The number of carbonyl (C=O) groups is 1. The summed E-state index contributed by atoms with van der Waals surface area (Å²) < 4.78 is 46.2. The number of hydrogen-bond acceptors (Lipinski definition) is 7. The summed E-state index contributed by atoms with van der Waals surface area (Å²) in [6, 6.07) is 11.9. The second-order valence-corrected chi connectivity index (χ2v) is 11.6. The van der Waals surface area contributed by atoms with Crippen molar-refractivity contribution in [2.75, 3.05) is 17.5 Å². The van der Waals surface area contributed by atoms with Gasteiger partial charge in [0.1, 0.15) is 11.3 Å². The standard InChI is InChI=1S/C25H28BN3O6S/c1-7-36(31,32)29-19-13-20-17(12-18(19)26-34-24(2,3)25(4,5)35-26)21(23(30)28-6)22(33-20)16-10-8-15(14-27)9-11-16/h8-13,29H,7H2,1-6H3,(H,28,30). The predicted octanol–water partition coefficient (Wildman–Crippen LogP) is 3.39. The van der Waals surface area contributed by atoms with E-state index in [1.165, 1.54) is 14.0 Å². The van der Waals surface area contributed by atoms with Crippen molar-refractivity contribution in [3.8, 4) is 17.4 Å². The van der Waals surface area contributed by atoms with Gasteiger partial charge < -0.3 is 19.0 Å². The van der Waals surface area contributed by atoms with Gasteiger partial charge in [-0.05, 0) is 65.0 Å². The van der Waals surface area contributed by atoms with Crippen LogP contribution in [-0.2, 0) is 19.3 Å². The van der Waals surface area contributed by atoms with Crippen molar-refractivity contribution >= 4 is 45.2 Å². The molecule has 2 N–H and O–H groups in total. The number of sulfonamides is 1. The van der Waals surface area contributed by atoms with Crippen molar-refractivity contribution in [1.82, 2.24) is 5.32 Å². The number of hydrogen-bond donors (Lipinski definition) is 2. The first-order valence-corrected chi connectivity index (χ1v) is 13.2. The SMILES string of the molecule is CCS(=O)(=O)Nc1cc2oc(-c3ccc(C#N)cc3)c(C(=O)NC)c2cc1B1OC(C)(C)C(C)(C)O1. The highest BCUT2D eigenvalue weighted by Gasteiger charge is 2.52. The predicted molar refractivity (Wildman–Crippen MR) is 139 cm³/mol. The maximum Gasteiger partial charge on any atom is 0.497 e. The monoisotopic (exact) mass is 509 g/mol. The zero-order valence-electron chi connectivity index (χ0n) is 21.1. The molecule has 0 radical (unpaired) electrons. The number of nitrogens with zero attached hydrogens (tertiary/aromatic N) is 1. The Labute approximate surface area is 211 Å². The van der Waals surface area contributed by atoms with Crippen LogP contribution in [0.25, 0.3) is 22.3 Å². The normalized spacial score (nSPS) is 16.6. The van der Waals surface area contributed by atoms with E-state index in [0.29, 0.717) is 33.3 Å². The van der Waals surface area contributed by atoms with Gasteiger partial charge in [-0.2, -0.15) is 5.26 Å². The van der Waals surface area contributed by atoms with Crippen LogP contribution in [0.3, 0.4) is 0 Å². The van der Waals surface area contributed by atoms with E-state index < -0.39 is 28.3 Å². The molecule has 1 saturated heterocycles. The molecule has 1 amide bonds. The van der Waals surface area contributed by atoms with Crippen LogP contribution in [0.2, 0.25) is 0 Å². The van der Waals surface area contributed by atoms with Crippen molar-refractivity contribution in [3.05, 3.63) is 47.5 Å². The van der Waals surface area contributed by atoms with Gasteiger partial charge in [-0.1, -0.05) is 0 Å². The van der Waals surface area contributed by atoms with Crippen LogP contribution in [0, 0.1) is 11.3 Å². The molecular formula is C25H28BN3O6S. The molecule has 0 aliphatic carbocycles. The van der Waals surface area contributed by atoms with Crippen LogP contribution in [0.15, 0.2) is 40.8 Å². The van der Waals surface area contributed by atoms with Crippen molar-refractivity contribution < 1.29 is 26.9 Å². The largest absolute Gasteiger partial charge is 0.497 e. The third-order valence-electron chi connectivity index (χ3n) is 6.74. The van der Waals surface area contributed by atoms with E-state index in [2.05, 4.69) is 16.1 Å². The molecule has 3 aromatic rings. The van der Waals surface area contributed by atoms with Gasteiger partial charge in [0, 0.05) is 29.5 Å². The minimum absolute atomic E-state index is 0.133. The molecule has 0 bridgehead atoms. The molecule has 1 aliphatic heterocycles. The summed E-state index contributed by atoms with van der Waals surface area (Å²) in [6.45, 7) is 9.14. The Morgan fingerprint density at radius 2 is 1.69 bits per heavy atom. The first-order chi connectivity index (χ1) is 16.8. The lowest BCUT2D eigenvalue weighted by Gasteiger charge is -2.32. The Morgan fingerprint density at radius 1 is 1.08 bits per heavy atom. The van der Waals surface area contributed by atoms with Crippen LogP contribution in [0.4, 0.5) is 5.69 Å². The van der Waals surface area contributed by atoms with Crippen LogP contribution in [0.1, 0.15) is 50.5 Å². The molecule has 0 atom stereocenters. The summed E-state index contributed by atoms with van der Waals surface area (Å²) in [5.74, 6) is -0.217. The highest BCUT2D eigenvalue weighted by Crippen LogP contribution is 2.39. The lowest BCUT2D eigenvalue weighted by atomic mass is 9.77. The molecule has 0 unspecified atom stereocenters. The lowest BCUT2D eigenvalue weighted by molar-refractivity contribution is 0.00578. The van der Waals surface area contributed by atoms with Gasteiger partial charge in [0.2, 0.25) is 10.0 Å². The zero-order chi connectivity index (χ0) is 26.5. The Bertz CT molecular complexity index is 1470. The third kappa shape index (κ3) is 4.48. The molecule has 1 aliphatic rings. The molecule has 0 saturated carbocycles. The molecule has 36 heavy (non-hydrogen) atoms.